The first-order valence-corrected chi connectivity index (χ1v) is 7.55. The first-order chi connectivity index (χ1) is 8.63. The second-order valence-electron chi connectivity index (χ2n) is 4.10. The van der Waals surface area contributed by atoms with Gasteiger partial charge >= 0.3 is 0 Å². The molecule has 2 aromatic carbocycles. The molecule has 5 heteroatoms. The van der Waals surface area contributed by atoms with Gasteiger partial charge in [0, 0.05) is 30.3 Å². The lowest BCUT2D eigenvalue weighted by Gasteiger charge is -2.03. The Balaban J connectivity index is 2.23. The Bertz CT molecular complexity index is 668. The van der Waals surface area contributed by atoms with Gasteiger partial charge < -0.3 is 5.21 Å². The van der Waals surface area contributed by atoms with Crippen molar-refractivity contribution in [1.29, 1.82) is 0 Å². The summed E-state index contributed by atoms with van der Waals surface area (Å²) in [5, 5.41) is 16.2. The molecule has 1 aliphatic heterocycles. The summed E-state index contributed by atoms with van der Waals surface area (Å²) in [6.07, 6.45) is 0.751. The standard InChI is InChI=1S/C13H8I2N2O/c14-10-3-1-8-5-9-2-4-11(15)7-13(9)17(18)16-12(8)6-10/h1-4,6-7H,5H2. The van der Waals surface area contributed by atoms with E-state index < -0.39 is 0 Å². The number of nitrogens with zero attached hydrogens (tertiary/aromatic N) is 2. The van der Waals surface area contributed by atoms with Crippen molar-refractivity contribution < 1.29 is 4.86 Å². The number of fused-ring (bicyclic) bond motifs is 2. The van der Waals surface area contributed by atoms with Gasteiger partial charge in [0.2, 0.25) is 5.69 Å². The van der Waals surface area contributed by atoms with Crippen molar-refractivity contribution in [2.75, 3.05) is 0 Å². The smallest absolute Gasteiger partial charge is 0.249 e. The average Bonchev–Trinajstić information content (AvgIpc) is 2.46. The van der Waals surface area contributed by atoms with E-state index in [-0.39, 0.29) is 0 Å². The van der Waals surface area contributed by atoms with Crippen LogP contribution < -0.4 is 0 Å². The van der Waals surface area contributed by atoms with Crippen LogP contribution in [0.4, 0.5) is 11.4 Å². The van der Waals surface area contributed by atoms with Gasteiger partial charge in [-0.3, -0.25) is 0 Å². The van der Waals surface area contributed by atoms with E-state index in [9.17, 15) is 5.21 Å². The van der Waals surface area contributed by atoms with E-state index in [2.05, 4.69) is 50.3 Å². The highest BCUT2D eigenvalue weighted by Crippen LogP contribution is 2.33. The molecule has 0 fully saturated rings. The van der Waals surface area contributed by atoms with Crippen molar-refractivity contribution in [3.63, 3.8) is 0 Å². The number of azo groups is 1. The topological polar surface area (TPSA) is 38.4 Å². The summed E-state index contributed by atoms with van der Waals surface area (Å²) in [6, 6.07) is 11.9. The van der Waals surface area contributed by atoms with E-state index in [0.29, 0.717) is 5.69 Å². The highest BCUT2D eigenvalue weighted by atomic mass is 127. The molecule has 2 aromatic rings. The number of hydrogen-bond donors (Lipinski definition) is 0. The molecule has 3 nitrogen and oxygen atoms in total. The zero-order valence-corrected chi connectivity index (χ0v) is 13.5. The molecular formula is C13H8I2N2O. The zero-order valence-electron chi connectivity index (χ0n) is 9.23. The molecule has 0 aromatic heterocycles. The quantitative estimate of drug-likeness (QED) is 0.317. The lowest BCUT2D eigenvalue weighted by Crippen LogP contribution is -1.94. The van der Waals surface area contributed by atoms with Crippen LogP contribution in [0.2, 0.25) is 0 Å². The van der Waals surface area contributed by atoms with Crippen LogP contribution in [0.25, 0.3) is 0 Å². The molecule has 1 heterocycles. The summed E-state index contributed by atoms with van der Waals surface area (Å²) in [4.78, 5) is 0.736. The molecule has 0 radical (unpaired) electrons. The van der Waals surface area contributed by atoms with E-state index in [1.54, 1.807) is 0 Å². The van der Waals surface area contributed by atoms with Gasteiger partial charge in [-0.25, -0.2) is 0 Å². The summed E-state index contributed by atoms with van der Waals surface area (Å²) < 4.78 is 2.13. The number of halogens is 2. The van der Waals surface area contributed by atoms with Gasteiger partial charge in [-0.15, -0.1) is 0 Å². The molecule has 0 saturated carbocycles. The Hall–Kier alpha value is -0.700. The Morgan fingerprint density at radius 3 is 2.44 bits per heavy atom. The normalized spacial score (nSPS) is 13.3. The summed E-state index contributed by atoms with van der Waals surface area (Å²) in [6.45, 7) is 0. The van der Waals surface area contributed by atoms with Crippen LogP contribution in [-0.4, -0.2) is 4.86 Å². The molecule has 0 N–H and O–H groups in total. The lowest BCUT2D eigenvalue weighted by molar-refractivity contribution is -0.435. The fourth-order valence-corrected chi connectivity index (χ4v) is 2.95. The number of rotatable bonds is 0. The highest BCUT2D eigenvalue weighted by Gasteiger charge is 2.19. The second kappa shape index (κ2) is 4.76. The lowest BCUT2D eigenvalue weighted by atomic mass is 10.0. The van der Waals surface area contributed by atoms with Crippen molar-refractivity contribution in [2.24, 2.45) is 5.11 Å². The Morgan fingerprint density at radius 2 is 1.67 bits per heavy atom. The van der Waals surface area contributed by atoms with Crippen molar-refractivity contribution in [2.45, 2.75) is 6.42 Å². The first kappa shape index (κ1) is 12.3. The van der Waals surface area contributed by atoms with Crippen molar-refractivity contribution in [3.8, 4) is 0 Å². The first-order valence-electron chi connectivity index (χ1n) is 5.39. The third kappa shape index (κ3) is 2.25. The van der Waals surface area contributed by atoms with Crippen molar-refractivity contribution in [1.82, 2.24) is 0 Å². The molecule has 0 aliphatic carbocycles. The van der Waals surface area contributed by atoms with Gasteiger partial charge in [-0.1, -0.05) is 12.1 Å². The van der Waals surface area contributed by atoms with E-state index in [1.807, 2.05) is 36.4 Å². The molecule has 90 valence electrons. The van der Waals surface area contributed by atoms with Gasteiger partial charge in [0.05, 0.1) is 0 Å². The molecule has 3 rings (SSSR count). The zero-order chi connectivity index (χ0) is 12.7. The monoisotopic (exact) mass is 462 g/mol. The molecule has 1 aliphatic rings. The van der Waals surface area contributed by atoms with Gasteiger partial charge in [0.15, 0.2) is 0 Å². The third-order valence-electron chi connectivity index (χ3n) is 2.88. The molecule has 0 bridgehead atoms. The Labute approximate surface area is 132 Å². The van der Waals surface area contributed by atoms with Gasteiger partial charge in [0.25, 0.3) is 0 Å². The second-order valence-corrected chi connectivity index (χ2v) is 6.59. The van der Waals surface area contributed by atoms with E-state index in [4.69, 9.17) is 0 Å². The third-order valence-corrected chi connectivity index (χ3v) is 4.22. The molecule has 0 atom stereocenters. The minimum absolute atomic E-state index is 0.646. The van der Waals surface area contributed by atoms with Gasteiger partial charge in [-0.2, -0.15) is 0 Å². The van der Waals surface area contributed by atoms with Crippen LogP contribution >= 0.6 is 45.2 Å². The van der Waals surface area contributed by atoms with Crippen LogP contribution in [0.15, 0.2) is 41.5 Å². The predicted molar refractivity (Wildman–Crippen MR) is 86.5 cm³/mol. The fourth-order valence-electron chi connectivity index (χ4n) is 2.00. The van der Waals surface area contributed by atoms with Crippen molar-refractivity contribution in [3.05, 3.63) is 59.9 Å². The maximum absolute atomic E-state index is 12.1. The van der Waals surface area contributed by atoms with Crippen molar-refractivity contribution >= 4 is 56.6 Å². The summed E-state index contributed by atoms with van der Waals surface area (Å²) in [5.41, 5.74) is 3.53. The minimum atomic E-state index is 0.646. The van der Waals surface area contributed by atoms with Crippen LogP contribution in [0, 0.1) is 12.3 Å². The van der Waals surface area contributed by atoms with Crippen LogP contribution in [0.5, 0.6) is 0 Å². The Morgan fingerprint density at radius 1 is 1.00 bits per heavy atom. The average molecular weight is 462 g/mol. The largest absolute Gasteiger partial charge is 0.594 e. The van der Waals surface area contributed by atoms with Gasteiger partial charge in [0.1, 0.15) is 5.69 Å². The van der Waals surface area contributed by atoms with E-state index >= 15 is 0 Å². The van der Waals surface area contributed by atoms with E-state index in [0.717, 1.165) is 35.2 Å². The maximum atomic E-state index is 12.1. The van der Waals surface area contributed by atoms with E-state index in [1.165, 1.54) is 0 Å². The van der Waals surface area contributed by atoms with Crippen LogP contribution in [0.3, 0.4) is 0 Å². The fraction of sp³-hybridized carbons (Fsp3) is 0.0769. The molecule has 0 amide bonds. The van der Waals surface area contributed by atoms with Crippen LogP contribution in [-0.2, 0) is 6.42 Å². The maximum Gasteiger partial charge on any atom is 0.249 e. The Kier molecular flexibility index (Phi) is 3.27. The minimum Gasteiger partial charge on any atom is -0.594 e. The molecule has 0 unspecified atom stereocenters. The number of benzene rings is 2. The highest BCUT2D eigenvalue weighted by molar-refractivity contribution is 14.1. The number of hydrogen-bond acceptors (Lipinski definition) is 2. The molecule has 0 saturated heterocycles. The van der Waals surface area contributed by atoms with Gasteiger partial charge in [-0.05, 0) is 73.8 Å². The SMILES string of the molecule is [O-][N+]1=Nc2cc(I)ccc2Cc2ccc(I)cc21. The molecule has 0 spiro atoms. The predicted octanol–water partition coefficient (Wildman–Crippen LogP) is 4.73. The molecular weight excluding hydrogens is 454 g/mol. The summed E-state index contributed by atoms with van der Waals surface area (Å²) in [5.74, 6) is 0. The molecule has 18 heavy (non-hydrogen) atoms. The van der Waals surface area contributed by atoms with Crippen LogP contribution in [0.1, 0.15) is 11.1 Å². The summed E-state index contributed by atoms with van der Waals surface area (Å²) in [7, 11) is 0. The summed E-state index contributed by atoms with van der Waals surface area (Å²) >= 11 is 4.43.